The second-order valence-corrected chi connectivity index (χ2v) is 2.98. The second-order valence-electron chi connectivity index (χ2n) is 2.98. The molecule has 0 atom stereocenters. The number of hydrogen-bond donors (Lipinski definition) is 1. The number of carbonyl (C=O) groups is 1. The van der Waals surface area contributed by atoms with Crippen LogP contribution in [0, 0.1) is 0 Å². The third-order valence-electron chi connectivity index (χ3n) is 1.85. The summed E-state index contributed by atoms with van der Waals surface area (Å²) in [6.45, 7) is 2.94. The standard InChI is InChI=1S/C9H14N2O2/c1-2-3-4-6-11-7-5-8(10-11)9(12)13/h5,7H,2-4,6H2,1H3,(H,12,13). The van der Waals surface area contributed by atoms with E-state index in [4.69, 9.17) is 5.11 Å². The summed E-state index contributed by atoms with van der Waals surface area (Å²) >= 11 is 0. The van der Waals surface area contributed by atoms with E-state index >= 15 is 0 Å². The van der Waals surface area contributed by atoms with Gasteiger partial charge < -0.3 is 5.11 Å². The lowest BCUT2D eigenvalue weighted by molar-refractivity contribution is 0.0689. The molecule has 4 heteroatoms. The van der Waals surface area contributed by atoms with Crippen molar-refractivity contribution in [1.82, 2.24) is 9.78 Å². The van der Waals surface area contributed by atoms with Crippen molar-refractivity contribution < 1.29 is 9.90 Å². The average Bonchev–Trinajstić information content (AvgIpc) is 2.53. The summed E-state index contributed by atoms with van der Waals surface area (Å²) in [6.07, 6.45) is 5.08. The monoisotopic (exact) mass is 182 g/mol. The molecule has 1 rings (SSSR count). The fraction of sp³-hybridized carbons (Fsp3) is 0.556. The highest BCUT2D eigenvalue weighted by molar-refractivity contribution is 5.84. The van der Waals surface area contributed by atoms with E-state index in [1.54, 1.807) is 10.9 Å². The summed E-state index contributed by atoms with van der Waals surface area (Å²) in [5.41, 5.74) is 0.122. The Kier molecular flexibility index (Phi) is 3.49. The Bertz CT molecular complexity index is 281. The first kappa shape index (κ1) is 9.77. The minimum absolute atomic E-state index is 0.122. The first-order chi connectivity index (χ1) is 6.24. The second kappa shape index (κ2) is 4.64. The lowest BCUT2D eigenvalue weighted by Crippen LogP contribution is -2.02. The molecule has 0 aliphatic carbocycles. The van der Waals surface area contributed by atoms with Crippen molar-refractivity contribution in [2.75, 3.05) is 0 Å². The van der Waals surface area contributed by atoms with Crippen LogP contribution in [0.4, 0.5) is 0 Å². The predicted molar refractivity (Wildman–Crippen MR) is 48.7 cm³/mol. The highest BCUT2D eigenvalue weighted by Gasteiger charge is 2.05. The number of carboxylic acid groups (broad SMARTS) is 1. The fourth-order valence-corrected chi connectivity index (χ4v) is 1.12. The van der Waals surface area contributed by atoms with Gasteiger partial charge in [0.2, 0.25) is 0 Å². The molecular weight excluding hydrogens is 168 g/mol. The van der Waals surface area contributed by atoms with Gasteiger partial charge in [-0.25, -0.2) is 4.79 Å². The Labute approximate surface area is 77.2 Å². The van der Waals surface area contributed by atoms with E-state index in [0.717, 1.165) is 25.8 Å². The van der Waals surface area contributed by atoms with Crippen molar-refractivity contribution >= 4 is 5.97 Å². The Morgan fingerprint density at radius 1 is 1.62 bits per heavy atom. The molecule has 1 aromatic rings. The highest BCUT2D eigenvalue weighted by atomic mass is 16.4. The Morgan fingerprint density at radius 3 is 2.92 bits per heavy atom. The molecule has 0 spiro atoms. The number of carboxylic acids is 1. The molecule has 0 amide bonds. The number of nitrogens with zero attached hydrogens (tertiary/aromatic N) is 2. The molecule has 0 radical (unpaired) electrons. The number of aromatic carboxylic acids is 1. The zero-order valence-corrected chi connectivity index (χ0v) is 7.73. The van der Waals surface area contributed by atoms with E-state index in [9.17, 15) is 4.79 Å². The summed E-state index contributed by atoms with van der Waals surface area (Å²) in [5.74, 6) is -0.964. The molecule has 0 bridgehead atoms. The summed E-state index contributed by atoms with van der Waals surface area (Å²) in [5, 5.41) is 12.5. The van der Waals surface area contributed by atoms with Crippen LogP contribution < -0.4 is 0 Å². The van der Waals surface area contributed by atoms with E-state index in [-0.39, 0.29) is 5.69 Å². The van der Waals surface area contributed by atoms with E-state index in [1.807, 2.05) is 0 Å². The van der Waals surface area contributed by atoms with E-state index in [2.05, 4.69) is 12.0 Å². The molecule has 1 N–H and O–H groups in total. The van der Waals surface area contributed by atoms with Crippen LogP contribution in [0.25, 0.3) is 0 Å². The van der Waals surface area contributed by atoms with E-state index in [1.165, 1.54) is 6.07 Å². The highest BCUT2D eigenvalue weighted by Crippen LogP contribution is 2.00. The van der Waals surface area contributed by atoms with Crippen LogP contribution in [0.3, 0.4) is 0 Å². The van der Waals surface area contributed by atoms with Crippen molar-refractivity contribution in [3.8, 4) is 0 Å². The van der Waals surface area contributed by atoms with Crippen molar-refractivity contribution in [3.63, 3.8) is 0 Å². The molecule has 0 saturated carbocycles. The molecule has 0 unspecified atom stereocenters. The van der Waals surface area contributed by atoms with Gasteiger partial charge in [-0.2, -0.15) is 5.10 Å². The molecule has 13 heavy (non-hydrogen) atoms. The fourth-order valence-electron chi connectivity index (χ4n) is 1.12. The summed E-state index contributed by atoms with van der Waals surface area (Å²) < 4.78 is 1.68. The molecule has 0 aliphatic heterocycles. The van der Waals surface area contributed by atoms with Crippen molar-refractivity contribution in [3.05, 3.63) is 18.0 Å². The summed E-state index contributed by atoms with van der Waals surface area (Å²) in [7, 11) is 0. The van der Waals surface area contributed by atoms with Gasteiger partial charge in [0.15, 0.2) is 5.69 Å². The van der Waals surface area contributed by atoms with E-state index < -0.39 is 5.97 Å². The van der Waals surface area contributed by atoms with Gasteiger partial charge in [-0.1, -0.05) is 19.8 Å². The number of aryl methyl sites for hydroxylation is 1. The van der Waals surface area contributed by atoms with E-state index in [0.29, 0.717) is 0 Å². The zero-order chi connectivity index (χ0) is 9.68. The molecule has 0 aromatic carbocycles. The molecule has 0 aliphatic rings. The summed E-state index contributed by atoms with van der Waals surface area (Å²) in [4.78, 5) is 10.5. The third-order valence-corrected chi connectivity index (χ3v) is 1.85. The first-order valence-electron chi connectivity index (χ1n) is 4.50. The number of hydrogen-bond acceptors (Lipinski definition) is 2. The largest absolute Gasteiger partial charge is 0.476 e. The predicted octanol–water partition coefficient (Wildman–Crippen LogP) is 1.77. The molecular formula is C9H14N2O2. The zero-order valence-electron chi connectivity index (χ0n) is 7.73. The minimum Gasteiger partial charge on any atom is -0.476 e. The molecule has 72 valence electrons. The Hall–Kier alpha value is -1.32. The van der Waals surface area contributed by atoms with Crippen LogP contribution >= 0.6 is 0 Å². The Balaban J connectivity index is 2.44. The number of aromatic nitrogens is 2. The lowest BCUT2D eigenvalue weighted by Gasteiger charge is -1.98. The van der Waals surface area contributed by atoms with Gasteiger partial charge in [0.25, 0.3) is 0 Å². The smallest absolute Gasteiger partial charge is 0.356 e. The normalized spacial score (nSPS) is 10.2. The van der Waals surface area contributed by atoms with Gasteiger partial charge >= 0.3 is 5.97 Å². The third kappa shape index (κ3) is 2.89. The van der Waals surface area contributed by atoms with Crippen molar-refractivity contribution in [1.29, 1.82) is 0 Å². The molecule has 1 heterocycles. The maximum atomic E-state index is 10.5. The lowest BCUT2D eigenvalue weighted by atomic mass is 10.2. The van der Waals surface area contributed by atoms with Crippen molar-refractivity contribution in [2.45, 2.75) is 32.7 Å². The first-order valence-corrected chi connectivity index (χ1v) is 4.50. The molecule has 0 fully saturated rings. The summed E-state index contributed by atoms with van der Waals surface area (Å²) in [6, 6.07) is 1.52. The van der Waals surface area contributed by atoms with Gasteiger partial charge in [0.05, 0.1) is 0 Å². The van der Waals surface area contributed by atoms with Crippen LogP contribution in [-0.2, 0) is 6.54 Å². The van der Waals surface area contributed by atoms with Gasteiger partial charge in [0.1, 0.15) is 0 Å². The number of unbranched alkanes of at least 4 members (excludes halogenated alkanes) is 2. The van der Waals surface area contributed by atoms with Crippen LogP contribution in [0.2, 0.25) is 0 Å². The van der Waals surface area contributed by atoms with Gasteiger partial charge in [-0.05, 0) is 12.5 Å². The Morgan fingerprint density at radius 2 is 2.38 bits per heavy atom. The molecule has 1 aromatic heterocycles. The van der Waals surface area contributed by atoms with Crippen LogP contribution in [0.15, 0.2) is 12.3 Å². The van der Waals surface area contributed by atoms with Crippen LogP contribution in [0.1, 0.15) is 36.7 Å². The SMILES string of the molecule is CCCCCn1ccc(C(=O)O)n1. The molecule has 4 nitrogen and oxygen atoms in total. The van der Waals surface area contributed by atoms with Gasteiger partial charge in [-0.3, -0.25) is 4.68 Å². The minimum atomic E-state index is -0.964. The van der Waals surface area contributed by atoms with Crippen LogP contribution in [0.5, 0.6) is 0 Å². The molecule has 0 saturated heterocycles. The maximum absolute atomic E-state index is 10.5. The van der Waals surface area contributed by atoms with Crippen LogP contribution in [-0.4, -0.2) is 20.9 Å². The van der Waals surface area contributed by atoms with Crippen molar-refractivity contribution in [2.24, 2.45) is 0 Å². The van der Waals surface area contributed by atoms with Gasteiger partial charge in [0, 0.05) is 12.7 Å². The number of rotatable bonds is 5. The quantitative estimate of drug-likeness (QED) is 0.706. The van der Waals surface area contributed by atoms with Gasteiger partial charge in [-0.15, -0.1) is 0 Å². The average molecular weight is 182 g/mol. The maximum Gasteiger partial charge on any atom is 0.356 e. The topological polar surface area (TPSA) is 55.1 Å².